The van der Waals surface area contributed by atoms with Gasteiger partial charge in [0.25, 0.3) is 23.9 Å². The second kappa shape index (κ2) is 31.9. The molecule has 0 saturated carbocycles. The quantitative estimate of drug-likeness (QED) is 0.322. The predicted molar refractivity (Wildman–Crippen MR) is 83.1 cm³/mol. The van der Waals surface area contributed by atoms with E-state index in [9.17, 15) is 0 Å². The van der Waals surface area contributed by atoms with Gasteiger partial charge in [0, 0.05) is 40.3 Å². The number of carboxylic acid groups (broad SMARTS) is 4. The molecule has 0 aliphatic rings. The molecule has 11 heteroatoms. The zero-order chi connectivity index (χ0) is 18.6. The van der Waals surface area contributed by atoms with Crippen molar-refractivity contribution in [2.24, 2.45) is 11.5 Å². The molecular weight excluding hydrogens is 311 g/mol. The SMILES string of the molecule is CC(=O)O.CC(=O)O.CC(=O)O.CC(=O)O.CC(N)CN.[NaH]. The van der Waals surface area contributed by atoms with Crippen molar-refractivity contribution >= 4 is 53.4 Å². The molecule has 0 amide bonds. The summed E-state index contributed by atoms with van der Waals surface area (Å²) in [4.78, 5) is 36.0. The van der Waals surface area contributed by atoms with E-state index in [0.717, 1.165) is 27.7 Å². The maximum absolute atomic E-state index is 9.00. The molecule has 0 aliphatic heterocycles. The monoisotopic (exact) mass is 338 g/mol. The first kappa shape index (κ1) is 37.2. The van der Waals surface area contributed by atoms with Crippen LogP contribution in [0, 0.1) is 0 Å². The fourth-order valence-corrected chi connectivity index (χ4v) is 0. The number of carboxylic acids is 4. The molecule has 0 fully saturated rings. The van der Waals surface area contributed by atoms with E-state index in [4.69, 9.17) is 51.1 Å². The molecule has 0 aromatic rings. The summed E-state index contributed by atoms with van der Waals surface area (Å²) in [5.74, 6) is -3.33. The third kappa shape index (κ3) is 9310. The zero-order valence-electron chi connectivity index (χ0n) is 12.9. The number of carbonyl (C=O) groups is 4. The van der Waals surface area contributed by atoms with E-state index >= 15 is 0 Å². The first-order valence-electron chi connectivity index (χ1n) is 5.44. The van der Waals surface area contributed by atoms with Crippen LogP contribution < -0.4 is 11.5 Å². The summed E-state index contributed by atoms with van der Waals surface area (Å²) in [6.07, 6.45) is 0. The van der Waals surface area contributed by atoms with Gasteiger partial charge in [0.2, 0.25) is 0 Å². The van der Waals surface area contributed by atoms with Crippen LogP contribution in [0.4, 0.5) is 0 Å². The minimum absolute atomic E-state index is 0. The summed E-state index contributed by atoms with van der Waals surface area (Å²) < 4.78 is 0. The summed E-state index contributed by atoms with van der Waals surface area (Å²) in [5.41, 5.74) is 10.2. The third-order valence-corrected chi connectivity index (χ3v) is 0.372. The summed E-state index contributed by atoms with van der Waals surface area (Å²) >= 11 is 0. The molecule has 0 heterocycles. The van der Waals surface area contributed by atoms with E-state index < -0.39 is 23.9 Å². The molecular formula is C11H27N2NaO8. The van der Waals surface area contributed by atoms with Gasteiger partial charge < -0.3 is 31.9 Å². The molecule has 0 aliphatic carbocycles. The van der Waals surface area contributed by atoms with Crippen LogP contribution >= 0.6 is 0 Å². The maximum atomic E-state index is 9.00. The second-order valence-corrected chi connectivity index (χ2v) is 3.29. The Labute approximate surface area is 151 Å². The molecule has 0 aromatic carbocycles. The second-order valence-electron chi connectivity index (χ2n) is 3.29. The first-order valence-corrected chi connectivity index (χ1v) is 5.44. The fraction of sp³-hybridized carbons (Fsp3) is 0.636. The van der Waals surface area contributed by atoms with Gasteiger partial charge in [-0.1, -0.05) is 0 Å². The van der Waals surface area contributed by atoms with Crippen molar-refractivity contribution in [3.63, 3.8) is 0 Å². The summed E-state index contributed by atoms with van der Waals surface area (Å²) in [6, 6.07) is 0.162. The van der Waals surface area contributed by atoms with Crippen LogP contribution in [0.1, 0.15) is 34.6 Å². The van der Waals surface area contributed by atoms with Gasteiger partial charge in [-0.2, -0.15) is 0 Å². The Bertz CT molecular complexity index is 221. The van der Waals surface area contributed by atoms with E-state index in [2.05, 4.69) is 0 Å². The van der Waals surface area contributed by atoms with Gasteiger partial charge in [0.1, 0.15) is 0 Å². The van der Waals surface area contributed by atoms with Crippen molar-refractivity contribution in [2.75, 3.05) is 6.54 Å². The average molecular weight is 338 g/mol. The summed E-state index contributed by atoms with van der Waals surface area (Å²) in [7, 11) is 0. The molecule has 0 bridgehead atoms. The van der Waals surface area contributed by atoms with E-state index in [-0.39, 0.29) is 35.6 Å². The molecule has 130 valence electrons. The normalized spacial score (nSPS) is 7.95. The van der Waals surface area contributed by atoms with Crippen LogP contribution in [-0.2, 0) is 19.2 Å². The molecule has 0 aromatic heterocycles. The molecule has 0 radical (unpaired) electrons. The third-order valence-electron chi connectivity index (χ3n) is 0.372. The van der Waals surface area contributed by atoms with Crippen LogP contribution in [0.5, 0.6) is 0 Å². The van der Waals surface area contributed by atoms with E-state index in [1.807, 2.05) is 6.92 Å². The van der Waals surface area contributed by atoms with Gasteiger partial charge in [-0.25, -0.2) is 0 Å². The van der Waals surface area contributed by atoms with Gasteiger partial charge in [0.15, 0.2) is 0 Å². The van der Waals surface area contributed by atoms with E-state index in [1.165, 1.54) is 0 Å². The molecule has 1 atom stereocenters. The molecule has 0 rings (SSSR count). The number of aliphatic carboxylic acids is 4. The van der Waals surface area contributed by atoms with Gasteiger partial charge in [-0.05, 0) is 6.92 Å². The van der Waals surface area contributed by atoms with Crippen LogP contribution in [0.2, 0.25) is 0 Å². The topological polar surface area (TPSA) is 201 Å². The van der Waals surface area contributed by atoms with Crippen LogP contribution in [0.15, 0.2) is 0 Å². The number of hydrogen-bond donors (Lipinski definition) is 6. The molecule has 0 spiro atoms. The van der Waals surface area contributed by atoms with Crippen molar-refractivity contribution in [1.29, 1.82) is 0 Å². The Kier molecular flexibility index (Phi) is 54.1. The minimum atomic E-state index is -0.833. The first-order chi connectivity index (χ1) is 9.20. The Hall–Kier alpha value is -1.20. The van der Waals surface area contributed by atoms with Crippen LogP contribution in [0.3, 0.4) is 0 Å². The average Bonchev–Trinajstić information content (AvgIpc) is 2.13. The molecule has 8 N–H and O–H groups in total. The zero-order valence-corrected chi connectivity index (χ0v) is 12.9. The number of hydrogen-bond acceptors (Lipinski definition) is 6. The molecule has 0 saturated heterocycles. The Morgan fingerprint density at radius 1 is 0.773 bits per heavy atom. The van der Waals surface area contributed by atoms with Gasteiger partial charge in [-0.15, -0.1) is 0 Å². The summed E-state index contributed by atoms with van der Waals surface area (Å²) in [5, 5.41) is 29.7. The van der Waals surface area contributed by atoms with E-state index in [0.29, 0.717) is 6.54 Å². The standard InChI is InChI=1S/C3H10N2.4C2H4O2.Na.H/c1-3(5)2-4;4*1-2(3)4;;/h3H,2,4-5H2,1H3;4*1H3,(H,3,4);;. The number of nitrogens with two attached hydrogens (primary N) is 2. The van der Waals surface area contributed by atoms with Gasteiger partial charge >= 0.3 is 29.6 Å². The van der Waals surface area contributed by atoms with Crippen LogP contribution in [-0.4, -0.2) is 86.4 Å². The van der Waals surface area contributed by atoms with Crippen molar-refractivity contribution in [2.45, 2.75) is 40.7 Å². The van der Waals surface area contributed by atoms with Gasteiger partial charge in [-0.3, -0.25) is 19.2 Å². The Balaban J connectivity index is -0.0000000361. The van der Waals surface area contributed by atoms with Gasteiger partial charge in [0.05, 0.1) is 0 Å². The number of rotatable bonds is 1. The molecule has 22 heavy (non-hydrogen) atoms. The fourth-order valence-electron chi connectivity index (χ4n) is 0. The van der Waals surface area contributed by atoms with Crippen molar-refractivity contribution < 1.29 is 39.6 Å². The van der Waals surface area contributed by atoms with Crippen molar-refractivity contribution in [3.05, 3.63) is 0 Å². The Morgan fingerprint density at radius 2 is 0.818 bits per heavy atom. The van der Waals surface area contributed by atoms with E-state index in [1.54, 1.807) is 0 Å². The van der Waals surface area contributed by atoms with Crippen molar-refractivity contribution in [1.82, 2.24) is 0 Å². The summed E-state index contributed by atoms with van der Waals surface area (Å²) in [6.45, 7) is 6.79. The van der Waals surface area contributed by atoms with Crippen molar-refractivity contribution in [3.8, 4) is 0 Å². The predicted octanol–water partition coefficient (Wildman–Crippen LogP) is -0.993. The molecule has 1 unspecified atom stereocenters. The molecule has 10 nitrogen and oxygen atoms in total. The Morgan fingerprint density at radius 3 is 0.818 bits per heavy atom. The van der Waals surface area contributed by atoms with Crippen LogP contribution in [0.25, 0.3) is 0 Å².